The predicted octanol–water partition coefficient (Wildman–Crippen LogP) is 5.59. The van der Waals surface area contributed by atoms with Crippen molar-refractivity contribution in [2.45, 2.75) is 6.92 Å². The molecule has 0 atom stereocenters. The normalized spacial score (nSPS) is 10.3. The minimum Gasteiger partial charge on any atom is -0.478 e. The van der Waals surface area contributed by atoms with Crippen LogP contribution in [0.1, 0.15) is 15.9 Å². The van der Waals surface area contributed by atoms with E-state index in [0.29, 0.717) is 28.3 Å². The first-order chi connectivity index (χ1) is 16.0. The van der Waals surface area contributed by atoms with Gasteiger partial charge in [0.15, 0.2) is 0 Å². The Morgan fingerprint density at radius 3 is 2.33 bits per heavy atom. The fraction of sp³-hybridized carbons (Fsp3) is 0.0400. The lowest BCUT2D eigenvalue weighted by Gasteiger charge is -2.14. The number of urea groups is 1. The van der Waals surface area contributed by atoms with Crippen LogP contribution in [-0.2, 0) is 0 Å². The number of rotatable bonds is 6. The average molecular weight is 440 g/mol. The fourth-order valence-electron chi connectivity index (χ4n) is 3.02. The minimum absolute atomic E-state index is 0.0451. The zero-order valence-corrected chi connectivity index (χ0v) is 17.6. The third kappa shape index (κ3) is 5.50. The summed E-state index contributed by atoms with van der Waals surface area (Å²) >= 11 is 0. The summed E-state index contributed by atoms with van der Waals surface area (Å²) in [7, 11) is 0. The van der Waals surface area contributed by atoms with Gasteiger partial charge in [-0.05, 0) is 43.3 Å². The molecule has 0 aliphatic heterocycles. The first-order valence-electron chi connectivity index (χ1n) is 10.0. The quantitative estimate of drug-likeness (QED) is 0.360. The molecule has 0 fully saturated rings. The molecule has 3 N–H and O–H groups in total. The lowest BCUT2D eigenvalue weighted by molar-refractivity contribution is 0.0696. The molecule has 164 valence electrons. The number of ether oxygens (including phenoxy) is 1. The van der Waals surface area contributed by atoms with Crippen molar-refractivity contribution in [1.82, 2.24) is 9.97 Å². The predicted molar refractivity (Wildman–Crippen MR) is 125 cm³/mol. The molecule has 8 heteroatoms. The van der Waals surface area contributed by atoms with Gasteiger partial charge < -0.3 is 20.5 Å². The van der Waals surface area contributed by atoms with Crippen molar-refractivity contribution in [3.05, 3.63) is 96.4 Å². The topological polar surface area (TPSA) is 113 Å². The van der Waals surface area contributed by atoms with Gasteiger partial charge in [0.1, 0.15) is 11.4 Å². The van der Waals surface area contributed by atoms with Crippen LogP contribution in [0.15, 0.2) is 85.3 Å². The van der Waals surface area contributed by atoms with Crippen LogP contribution in [0.3, 0.4) is 0 Å². The molecule has 0 radical (unpaired) electrons. The number of hydrogen-bond acceptors (Lipinski definition) is 5. The molecule has 4 rings (SSSR count). The number of nitrogens with zero attached hydrogens (tertiary/aromatic N) is 2. The Balaban J connectivity index is 1.65. The van der Waals surface area contributed by atoms with Gasteiger partial charge in [-0.1, -0.05) is 35.9 Å². The van der Waals surface area contributed by atoms with Gasteiger partial charge in [-0.2, -0.15) is 0 Å². The zero-order valence-electron chi connectivity index (χ0n) is 17.6. The highest BCUT2D eigenvalue weighted by Gasteiger charge is 2.14. The monoisotopic (exact) mass is 440 g/mol. The number of carbonyl (C=O) groups excluding carboxylic acids is 1. The van der Waals surface area contributed by atoms with E-state index in [1.54, 1.807) is 30.3 Å². The number of aromatic nitrogens is 2. The van der Waals surface area contributed by atoms with Crippen molar-refractivity contribution in [3.8, 4) is 22.8 Å². The van der Waals surface area contributed by atoms with Crippen LogP contribution in [0.4, 0.5) is 16.2 Å². The average Bonchev–Trinajstić information content (AvgIpc) is 2.82. The molecule has 0 aliphatic carbocycles. The maximum absolute atomic E-state index is 12.7. The number of carboxylic acid groups (broad SMARTS) is 1. The summed E-state index contributed by atoms with van der Waals surface area (Å²) in [6, 6.07) is 19.1. The number of aryl methyl sites for hydroxylation is 1. The minimum atomic E-state index is -1.09. The van der Waals surface area contributed by atoms with Gasteiger partial charge in [0.25, 0.3) is 0 Å². The number of benzene rings is 2. The van der Waals surface area contributed by atoms with E-state index >= 15 is 0 Å². The summed E-state index contributed by atoms with van der Waals surface area (Å²) in [6.45, 7) is 1.96. The molecule has 8 nitrogen and oxygen atoms in total. The lowest BCUT2D eigenvalue weighted by atomic mass is 10.1. The highest BCUT2D eigenvalue weighted by atomic mass is 16.5. The zero-order chi connectivity index (χ0) is 23.2. The van der Waals surface area contributed by atoms with Crippen LogP contribution in [0.5, 0.6) is 11.6 Å². The van der Waals surface area contributed by atoms with Gasteiger partial charge in [0, 0.05) is 35.4 Å². The second kappa shape index (κ2) is 9.61. The molecule has 0 spiro atoms. The van der Waals surface area contributed by atoms with E-state index in [1.807, 2.05) is 37.3 Å². The number of hydrogen-bond donors (Lipinski definition) is 3. The first-order valence-corrected chi connectivity index (χ1v) is 10.0. The van der Waals surface area contributed by atoms with Crippen LogP contribution >= 0.6 is 0 Å². The summed E-state index contributed by atoms with van der Waals surface area (Å²) in [5.41, 5.74) is 3.16. The molecular weight excluding hydrogens is 420 g/mol. The van der Waals surface area contributed by atoms with Crippen molar-refractivity contribution >= 4 is 23.4 Å². The first kappa shape index (κ1) is 21.5. The standard InChI is InChI=1S/C25H20N4O4/c1-16-7-9-20(10-8-16)28-25(32)29-22-12-18(17-11-19(24(30)31)14-26-13-17)15-27-23(22)33-21-5-3-2-4-6-21/h2-15H,1H3,(H,30,31)(H2,28,29,32). The molecule has 0 aliphatic rings. The van der Waals surface area contributed by atoms with Crippen molar-refractivity contribution in [3.63, 3.8) is 0 Å². The van der Waals surface area contributed by atoms with Crippen LogP contribution in [-0.4, -0.2) is 27.1 Å². The second-order valence-corrected chi connectivity index (χ2v) is 7.20. The number of anilines is 2. The SMILES string of the molecule is Cc1ccc(NC(=O)Nc2cc(-c3cncc(C(=O)O)c3)cnc2Oc2ccccc2)cc1. The van der Waals surface area contributed by atoms with Crippen molar-refractivity contribution in [2.75, 3.05) is 10.6 Å². The van der Waals surface area contributed by atoms with Crippen LogP contribution < -0.4 is 15.4 Å². The lowest BCUT2D eigenvalue weighted by Crippen LogP contribution is -2.20. The van der Waals surface area contributed by atoms with E-state index in [2.05, 4.69) is 20.6 Å². The van der Waals surface area contributed by atoms with Crippen LogP contribution in [0.2, 0.25) is 0 Å². The molecule has 2 aromatic heterocycles. The third-order valence-corrected chi connectivity index (χ3v) is 4.69. The van der Waals surface area contributed by atoms with E-state index in [9.17, 15) is 14.7 Å². The van der Waals surface area contributed by atoms with Gasteiger partial charge in [-0.25, -0.2) is 14.6 Å². The fourth-order valence-corrected chi connectivity index (χ4v) is 3.02. The summed E-state index contributed by atoms with van der Waals surface area (Å²) in [5, 5.41) is 14.8. The second-order valence-electron chi connectivity index (χ2n) is 7.20. The summed E-state index contributed by atoms with van der Waals surface area (Å²) in [4.78, 5) is 32.3. The number of para-hydroxylation sites is 1. The summed E-state index contributed by atoms with van der Waals surface area (Å²) in [6.07, 6.45) is 4.32. The Hall–Kier alpha value is -4.72. The van der Waals surface area contributed by atoms with Gasteiger partial charge in [0.05, 0.1) is 5.56 Å². The molecule has 0 unspecified atom stereocenters. The largest absolute Gasteiger partial charge is 0.478 e. The summed E-state index contributed by atoms with van der Waals surface area (Å²) in [5.74, 6) is -0.349. The van der Waals surface area contributed by atoms with Gasteiger partial charge >= 0.3 is 12.0 Å². The highest BCUT2D eigenvalue weighted by Crippen LogP contribution is 2.31. The number of amides is 2. The molecule has 0 saturated heterocycles. The maximum atomic E-state index is 12.7. The molecule has 0 saturated carbocycles. The number of pyridine rings is 2. The van der Waals surface area contributed by atoms with Crippen LogP contribution in [0, 0.1) is 6.92 Å². The van der Waals surface area contributed by atoms with Crippen molar-refractivity contribution in [1.29, 1.82) is 0 Å². The van der Waals surface area contributed by atoms with Crippen molar-refractivity contribution < 1.29 is 19.4 Å². The van der Waals surface area contributed by atoms with Crippen molar-refractivity contribution in [2.24, 2.45) is 0 Å². The summed E-state index contributed by atoms with van der Waals surface area (Å²) < 4.78 is 5.87. The molecule has 2 aromatic carbocycles. The third-order valence-electron chi connectivity index (χ3n) is 4.69. The molecular formula is C25H20N4O4. The number of carboxylic acids is 1. The molecule has 33 heavy (non-hydrogen) atoms. The Bertz CT molecular complexity index is 1290. The van der Waals surface area contributed by atoms with E-state index < -0.39 is 12.0 Å². The van der Waals surface area contributed by atoms with E-state index in [4.69, 9.17) is 4.74 Å². The maximum Gasteiger partial charge on any atom is 0.337 e. The van der Waals surface area contributed by atoms with E-state index in [-0.39, 0.29) is 11.4 Å². The Labute approximate surface area is 189 Å². The Morgan fingerprint density at radius 1 is 0.879 bits per heavy atom. The van der Waals surface area contributed by atoms with Crippen LogP contribution in [0.25, 0.3) is 11.1 Å². The number of nitrogens with one attached hydrogen (secondary N) is 2. The Kier molecular flexibility index (Phi) is 6.26. The highest BCUT2D eigenvalue weighted by molar-refractivity contribution is 6.01. The van der Waals surface area contributed by atoms with Gasteiger partial charge in [-0.15, -0.1) is 0 Å². The van der Waals surface area contributed by atoms with E-state index in [0.717, 1.165) is 5.56 Å². The molecule has 2 amide bonds. The number of carbonyl (C=O) groups is 2. The Morgan fingerprint density at radius 2 is 1.61 bits per heavy atom. The molecule has 2 heterocycles. The smallest absolute Gasteiger partial charge is 0.337 e. The van der Waals surface area contributed by atoms with Gasteiger partial charge in [-0.3, -0.25) is 4.98 Å². The van der Waals surface area contributed by atoms with E-state index in [1.165, 1.54) is 24.7 Å². The number of aromatic carboxylic acids is 1. The molecule has 0 bridgehead atoms. The molecule has 4 aromatic rings. The van der Waals surface area contributed by atoms with Gasteiger partial charge in [0.2, 0.25) is 5.88 Å².